The molecule has 0 saturated carbocycles. The molecule has 6 atom stereocenters. The maximum Gasteiger partial charge on any atom is 0.497 e. The van der Waals surface area contributed by atoms with Crippen LogP contribution in [0.3, 0.4) is 0 Å². The Morgan fingerprint density at radius 3 is 2.17 bits per heavy atom. The van der Waals surface area contributed by atoms with Crippen LogP contribution in [0, 0.1) is 17.6 Å². The van der Waals surface area contributed by atoms with Crippen molar-refractivity contribution < 1.29 is 45.8 Å². The molecule has 1 N–H and O–H groups in total. The van der Waals surface area contributed by atoms with Crippen molar-refractivity contribution in [1.29, 1.82) is 0 Å². The Labute approximate surface area is 282 Å². The quantitative estimate of drug-likeness (QED) is 0.240. The van der Waals surface area contributed by atoms with Crippen LogP contribution in [0.4, 0.5) is 22.0 Å². The maximum atomic E-state index is 15.3. The summed E-state index contributed by atoms with van der Waals surface area (Å²) >= 11 is 6.39. The largest absolute Gasteiger partial charge is 0.497 e. The molecule has 2 aromatic carbocycles. The van der Waals surface area contributed by atoms with Crippen LogP contribution in [0.25, 0.3) is 0 Å². The zero-order valence-corrected chi connectivity index (χ0v) is 28.4. The number of fused-ring (bicyclic) bond motifs is 2. The predicted octanol–water partition coefficient (Wildman–Crippen LogP) is 7.49. The first-order chi connectivity index (χ1) is 22.3. The highest BCUT2D eigenvalue weighted by atomic mass is 35.5. The number of halogens is 6. The van der Waals surface area contributed by atoms with Crippen molar-refractivity contribution in [2.75, 3.05) is 13.1 Å². The number of carbonyl (C=O) groups excluding carboxylic acids is 3. The van der Waals surface area contributed by atoms with Crippen LogP contribution in [-0.4, -0.2) is 64.2 Å². The van der Waals surface area contributed by atoms with Gasteiger partial charge in [-0.2, -0.15) is 13.2 Å². The second kappa shape index (κ2) is 13.2. The minimum absolute atomic E-state index is 0.0151. The average Bonchev–Trinajstić information content (AvgIpc) is 3.50. The second-order valence-electron chi connectivity index (χ2n) is 14.4. The smallest absolute Gasteiger partial charge is 0.350 e. The molecule has 48 heavy (non-hydrogen) atoms. The van der Waals surface area contributed by atoms with E-state index in [1.54, 1.807) is 20.8 Å². The van der Waals surface area contributed by atoms with Crippen LogP contribution in [0.2, 0.25) is 5.02 Å². The molecule has 0 spiro atoms. The molecule has 4 unspecified atom stereocenters. The van der Waals surface area contributed by atoms with Crippen molar-refractivity contribution >= 4 is 29.4 Å². The van der Waals surface area contributed by atoms with Crippen molar-refractivity contribution in [3.05, 3.63) is 69.7 Å². The van der Waals surface area contributed by atoms with Gasteiger partial charge in [-0.3, -0.25) is 14.4 Å². The maximum absolute atomic E-state index is 15.3. The lowest BCUT2D eigenvalue weighted by molar-refractivity contribution is -1.12. The summed E-state index contributed by atoms with van der Waals surface area (Å²) in [7, 11) is 0. The molecule has 7 nitrogen and oxygen atoms in total. The number of carbonyl (C=O) groups is 3. The summed E-state index contributed by atoms with van der Waals surface area (Å²) in [6.45, 7) is 7.64. The summed E-state index contributed by atoms with van der Waals surface area (Å²) in [6, 6.07) is 7.96. The minimum atomic E-state index is -5.28. The van der Waals surface area contributed by atoms with Crippen molar-refractivity contribution in [2.24, 2.45) is 5.92 Å². The van der Waals surface area contributed by atoms with Crippen molar-refractivity contribution in [3.8, 4) is 0 Å². The Morgan fingerprint density at radius 1 is 1.00 bits per heavy atom. The van der Waals surface area contributed by atoms with Gasteiger partial charge in [0.1, 0.15) is 36.2 Å². The van der Waals surface area contributed by atoms with Gasteiger partial charge in [0.25, 0.3) is 0 Å². The molecule has 0 radical (unpaired) electrons. The number of piperidine rings is 1. The Morgan fingerprint density at radius 2 is 1.62 bits per heavy atom. The number of likely N-dealkylation sites (tertiary alicyclic amines) is 1. The molecule has 13 heteroatoms. The Bertz CT molecular complexity index is 1570. The molecule has 262 valence electrons. The summed E-state index contributed by atoms with van der Waals surface area (Å²) < 4.78 is 69.0. The van der Waals surface area contributed by atoms with E-state index in [4.69, 9.17) is 16.4 Å². The number of amides is 2. The fraction of sp³-hybridized carbons (Fsp3) is 0.571. The van der Waals surface area contributed by atoms with E-state index in [0.717, 1.165) is 17.2 Å². The normalized spacial score (nSPS) is 27.9. The molecule has 0 aliphatic carbocycles. The van der Waals surface area contributed by atoms with Crippen LogP contribution in [-0.2, 0) is 19.2 Å². The Hall–Kier alpha value is -3.25. The lowest BCUT2D eigenvalue weighted by Crippen LogP contribution is -2.61. The monoisotopic (exact) mass is 698 g/mol. The van der Waals surface area contributed by atoms with Gasteiger partial charge in [0.05, 0.1) is 12.0 Å². The SMILES string of the molecule is CCC(NC(C)=O)c1cc(Cl)ccc1C1CC2CCC(C1)N2C(=O)[C@@H]1C[N+](OC(=O)C(F)(F)F)(C(C)(C)C)C[C@H]1c1ccc(F)cc1F. The fourth-order valence-corrected chi connectivity index (χ4v) is 8.33. The van der Waals surface area contributed by atoms with Crippen LogP contribution in [0.1, 0.15) is 101 Å². The van der Waals surface area contributed by atoms with Crippen LogP contribution in [0.15, 0.2) is 36.4 Å². The number of nitrogens with zero attached hydrogens (tertiary/aromatic N) is 2. The summed E-state index contributed by atoms with van der Waals surface area (Å²) in [4.78, 5) is 45.9. The van der Waals surface area contributed by atoms with Gasteiger partial charge < -0.3 is 10.2 Å². The Kier molecular flexibility index (Phi) is 9.93. The first-order valence-electron chi connectivity index (χ1n) is 16.4. The summed E-state index contributed by atoms with van der Waals surface area (Å²) in [5.74, 6) is -6.63. The molecule has 3 fully saturated rings. The molecule has 2 aromatic rings. The van der Waals surface area contributed by atoms with E-state index in [9.17, 15) is 31.9 Å². The zero-order valence-electron chi connectivity index (χ0n) is 27.7. The van der Waals surface area contributed by atoms with E-state index in [1.165, 1.54) is 13.0 Å². The molecular formula is C35H42ClF5N3O4+. The van der Waals surface area contributed by atoms with E-state index >= 15 is 4.39 Å². The van der Waals surface area contributed by atoms with Gasteiger partial charge in [0.2, 0.25) is 11.8 Å². The number of quaternary nitrogens is 1. The summed E-state index contributed by atoms with van der Waals surface area (Å²) in [6.07, 6.45) is -2.00. The lowest BCUT2D eigenvalue weighted by atomic mass is 9.80. The van der Waals surface area contributed by atoms with Gasteiger partial charge in [-0.1, -0.05) is 30.7 Å². The molecule has 3 aliphatic rings. The van der Waals surface area contributed by atoms with Gasteiger partial charge >= 0.3 is 12.1 Å². The molecule has 5 rings (SSSR count). The fourth-order valence-electron chi connectivity index (χ4n) is 8.15. The van der Waals surface area contributed by atoms with E-state index in [1.807, 2.05) is 30.0 Å². The van der Waals surface area contributed by atoms with Gasteiger partial charge in [0.15, 0.2) is 0 Å². The number of benzene rings is 2. The van der Waals surface area contributed by atoms with Crippen LogP contribution < -0.4 is 5.32 Å². The molecule has 2 bridgehead atoms. The second-order valence-corrected chi connectivity index (χ2v) is 14.9. The number of hydrogen-bond donors (Lipinski definition) is 1. The third-order valence-corrected chi connectivity index (χ3v) is 10.7. The zero-order chi connectivity index (χ0) is 35.3. The van der Waals surface area contributed by atoms with Crippen molar-refractivity contribution in [3.63, 3.8) is 0 Å². The standard InChI is InChI=1S/C35H41ClF5N3O4/c1-6-31(42-19(2)45)27-15-21(36)7-11-25(27)20-13-23-9-10-24(14-20)43(23)32(46)29-18-44(34(3,4)5,48-33(47)35(39,40)41)17-28(29)26-12-8-22(37)16-30(26)38/h7-8,11-12,15-16,20,23-24,28-29,31H,6,9-10,13-14,17-18H2,1-5H3/p+1/t20?,23?,24?,28-,29+,31?,44?/m0/s1. The molecule has 2 amide bonds. The van der Waals surface area contributed by atoms with Crippen molar-refractivity contribution in [1.82, 2.24) is 10.2 Å². The number of hydrogen-bond acceptors (Lipinski definition) is 4. The van der Waals surface area contributed by atoms with Gasteiger partial charge in [-0.25, -0.2) is 13.6 Å². The molecule has 3 heterocycles. The van der Waals surface area contributed by atoms with E-state index in [2.05, 4.69) is 5.32 Å². The van der Waals surface area contributed by atoms with E-state index < -0.39 is 45.8 Å². The van der Waals surface area contributed by atoms with E-state index in [0.29, 0.717) is 43.2 Å². The van der Waals surface area contributed by atoms with Crippen LogP contribution >= 0.6 is 11.6 Å². The predicted molar refractivity (Wildman–Crippen MR) is 168 cm³/mol. The highest BCUT2D eigenvalue weighted by Gasteiger charge is 2.62. The van der Waals surface area contributed by atoms with Crippen LogP contribution in [0.5, 0.6) is 0 Å². The highest BCUT2D eigenvalue weighted by molar-refractivity contribution is 6.30. The first kappa shape index (κ1) is 36.0. The number of rotatable bonds is 7. The molecule has 3 aliphatic heterocycles. The van der Waals surface area contributed by atoms with E-state index in [-0.39, 0.29) is 54.5 Å². The molecule has 3 saturated heterocycles. The number of hydroxylamine groups is 3. The third-order valence-electron chi connectivity index (χ3n) is 10.5. The third kappa shape index (κ3) is 6.92. The number of nitrogens with one attached hydrogen (secondary N) is 1. The van der Waals surface area contributed by atoms with Gasteiger partial charge in [-0.15, -0.1) is 4.65 Å². The highest BCUT2D eigenvalue weighted by Crippen LogP contribution is 2.50. The minimum Gasteiger partial charge on any atom is -0.350 e. The van der Waals surface area contributed by atoms with Gasteiger partial charge in [0, 0.05) is 30.1 Å². The Balaban J connectivity index is 1.49. The molecule has 0 aromatic heterocycles. The summed E-state index contributed by atoms with van der Waals surface area (Å²) in [5.41, 5.74) is 0.828. The lowest BCUT2D eigenvalue weighted by Gasteiger charge is -2.43. The van der Waals surface area contributed by atoms with Crippen molar-refractivity contribution in [2.45, 2.75) is 108 Å². The van der Waals surface area contributed by atoms with Gasteiger partial charge in [-0.05, 0) is 93.7 Å². The topological polar surface area (TPSA) is 75.7 Å². The summed E-state index contributed by atoms with van der Waals surface area (Å²) in [5, 5.41) is 3.54. The number of alkyl halides is 3. The average molecular weight is 699 g/mol. The first-order valence-corrected chi connectivity index (χ1v) is 16.7. The molecular weight excluding hydrogens is 657 g/mol.